The second kappa shape index (κ2) is 9.36. The van der Waals surface area contributed by atoms with Crippen LogP contribution in [0, 0.1) is 11.6 Å². The Bertz CT molecular complexity index is 241. The Balaban J connectivity index is 0. The molecule has 1 rings (SSSR count). The molecule has 0 radical (unpaired) electrons. The summed E-state index contributed by atoms with van der Waals surface area (Å²) in [5.41, 5.74) is 0.697. The highest BCUT2D eigenvalue weighted by atomic mass is 20.0. The van der Waals surface area contributed by atoms with Crippen molar-refractivity contribution in [2.75, 3.05) is 0 Å². The van der Waals surface area contributed by atoms with Gasteiger partial charge in [-0.1, -0.05) is 13.8 Å². The Kier molecular flexibility index (Phi) is 10.1. The zero-order chi connectivity index (χ0) is 12.4. The lowest BCUT2D eigenvalue weighted by Gasteiger charge is -2.04. The van der Waals surface area contributed by atoms with Gasteiger partial charge in [-0.2, -0.15) is 0 Å². The fourth-order valence-corrected chi connectivity index (χ4v) is 0.908. The summed E-state index contributed by atoms with van der Waals surface area (Å²) in [6.45, 7) is 3.79. The van der Waals surface area contributed by atoms with Gasteiger partial charge in [0, 0.05) is 24.4 Å². The maximum Gasteiger partial charge on any atom is 0.126 e. The quantitative estimate of drug-likeness (QED) is 0.612. The van der Waals surface area contributed by atoms with Crippen LogP contribution in [0.2, 0.25) is 0 Å². The first-order chi connectivity index (χ1) is 7.09. The third-order valence-corrected chi connectivity index (χ3v) is 1.55. The molecule has 0 saturated heterocycles. The van der Waals surface area contributed by atoms with Gasteiger partial charge in [0.25, 0.3) is 0 Å². The van der Waals surface area contributed by atoms with E-state index in [1.807, 2.05) is 13.8 Å². The summed E-state index contributed by atoms with van der Waals surface area (Å²) < 4.78 is 57.1. The number of benzene rings is 1. The average Bonchev–Trinajstić information content (AvgIpc) is 2.22. The van der Waals surface area contributed by atoms with Crippen LogP contribution in [0.25, 0.3) is 0 Å². The molecule has 0 spiro atoms. The van der Waals surface area contributed by atoms with Gasteiger partial charge in [-0.25, -0.2) is 8.78 Å². The van der Waals surface area contributed by atoms with Crippen LogP contribution in [0.5, 0.6) is 0 Å². The van der Waals surface area contributed by atoms with Crippen molar-refractivity contribution in [2.24, 2.45) is 0 Å². The van der Waals surface area contributed by atoms with Gasteiger partial charge < -0.3 is 0 Å². The summed E-state index contributed by atoms with van der Waals surface area (Å²) in [6.07, 6.45) is 0. The summed E-state index contributed by atoms with van der Waals surface area (Å²) in [5, 5.41) is 0. The second-order valence-corrected chi connectivity index (χ2v) is 2.86. The van der Waals surface area contributed by atoms with Gasteiger partial charge in [0.15, 0.2) is 0 Å². The zero-order valence-corrected chi connectivity index (χ0v) is 8.08. The second-order valence-electron chi connectivity index (χ2n) is 2.86. The third kappa shape index (κ3) is 6.82. The van der Waals surface area contributed by atoms with Gasteiger partial charge in [0.1, 0.15) is 11.6 Å². The summed E-state index contributed by atoms with van der Waals surface area (Å²) in [4.78, 5) is 0. The Labute approximate surface area is 83.3 Å². The zero-order valence-electron chi connectivity index (χ0n) is 8.08. The topological polar surface area (TPSA) is 0 Å². The van der Waals surface area contributed by atoms with E-state index in [9.17, 15) is 8.78 Å². The summed E-state index contributed by atoms with van der Waals surface area (Å²) in [5.74, 6) is -0.845. The van der Waals surface area contributed by atoms with Crippen molar-refractivity contribution in [2.45, 2.75) is 19.8 Å². The molecule has 0 aliphatic rings. The van der Waals surface area contributed by atoms with E-state index in [-0.39, 0.29) is 5.92 Å². The first kappa shape index (κ1) is 16.2. The predicted octanol–water partition coefficient (Wildman–Crippen LogP) is 4.77. The highest BCUT2D eigenvalue weighted by Gasteiger charge is 2.02. The molecule has 15 heavy (non-hydrogen) atoms. The third-order valence-electron chi connectivity index (χ3n) is 1.55. The SMILES string of the molecule is CC(C)c1cc(F)cc(F)c1.FF.FF. The van der Waals surface area contributed by atoms with E-state index in [0.29, 0.717) is 5.56 Å². The van der Waals surface area contributed by atoms with Gasteiger partial charge >= 0.3 is 0 Å². The smallest absolute Gasteiger partial charge is 0.126 e. The first-order valence-corrected chi connectivity index (χ1v) is 3.84. The fraction of sp³-hybridized carbons (Fsp3) is 0.333. The maximum atomic E-state index is 12.5. The van der Waals surface area contributed by atoms with Crippen molar-refractivity contribution < 1.29 is 27.1 Å². The molecule has 0 saturated carbocycles. The van der Waals surface area contributed by atoms with Crippen LogP contribution < -0.4 is 0 Å². The number of halogens is 6. The highest BCUT2D eigenvalue weighted by molar-refractivity contribution is 5.20. The minimum atomic E-state index is -0.506. The molecule has 0 aromatic heterocycles. The van der Waals surface area contributed by atoms with E-state index in [1.54, 1.807) is 0 Å². The highest BCUT2D eigenvalue weighted by Crippen LogP contribution is 2.16. The number of hydrogen-bond acceptors (Lipinski definition) is 0. The molecule has 1 aromatic rings. The van der Waals surface area contributed by atoms with Gasteiger partial charge in [-0.3, -0.25) is 0 Å². The molecule has 1 aromatic carbocycles. The summed E-state index contributed by atoms with van der Waals surface area (Å²) >= 11 is 0. The lowest BCUT2D eigenvalue weighted by molar-refractivity contribution is 0.108. The Morgan fingerprint density at radius 3 is 1.40 bits per heavy atom. The van der Waals surface area contributed by atoms with Gasteiger partial charge in [-0.05, 0) is 23.6 Å². The molecule has 0 nitrogen and oxygen atoms in total. The molecule has 0 atom stereocenters. The summed E-state index contributed by atoms with van der Waals surface area (Å²) in [6, 6.07) is 3.59. The molecule has 0 fully saturated rings. The number of hydrogen-bond donors (Lipinski definition) is 0. The van der Waals surface area contributed by atoms with Crippen molar-refractivity contribution in [3.8, 4) is 0 Å². The van der Waals surface area contributed by atoms with E-state index >= 15 is 0 Å². The lowest BCUT2D eigenvalue weighted by Crippen LogP contribution is -1.90. The van der Waals surface area contributed by atoms with Crippen molar-refractivity contribution in [3.05, 3.63) is 35.4 Å². The Morgan fingerprint density at radius 1 is 0.800 bits per heavy atom. The van der Waals surface area contributed by atoms with Crippen LogP contribution in [0.15, 0.2) is 18.2 Å². The minimum Gasteiger partial charge on any atom is -0.207 e. The molecule has 0 amide bonds. The average molecular weight is 232 g/mol. The van der Waals surface area contributed by atoms with Crippen LogP contribution in [0.4, 0.5) is 27.1 Å². The minimum absolute atomic E-state index is 0.167. The van der Waals surface area contributed by atoms with Crippen molar-refractivity contribution in [3.63, 3.8) is 0 Å². The molecule has 0 N–H and O–H groups in total. The van der Waals surface area contributed by atoms with Crippen molar-refractivity contribution in [1.82, 2.24) is 0 Å². The van der Waals surface area contributed by atoms with E-state index in [1.165, 1.54) is 12.1 Å². The normalized spacial score (nSPS) is 8.60. The standard InChI is InChI=1S/C9H10F2.2F2/c1-6(2)7-3-8(10)5-9(11)4-7;2*1-2/h3-6H,1-2H3;;. The molecular weight excluding hydrogens is 222 g/mol. The largest absolute Gasteiger partial charge is 0.207 e. The molecule has 0 heterocycles. The van der Waals surface area contributed by atoms with E-state index in [4.69, 9.17) is 18.3 Å². The van der Waals surface area contributed by atoms with Crippen LogP contribution >= 0.6 is 0 Å². The molecule has 0 aliphatic heterocycles. The van der Waals surface area contributed by atoms with Crippen LogP contribution in [-0.2, 0) is 0 Å². The Hall–Kier alpha value is -1.20. The predicted molar refractivity (Wildman–Crippen MR) is 44.9 cm³/mol. The Morgan fingerprint density at radius 2 is 1.13 bits per heavy atom. The van der Waals surface area contributed by atoms with Crippen molar-refractivity contribution >= 4 is 0 Å². The van der Waals surface area contributed by atoms with Crippen LogP contribution in [0.1, 0.15) is 25.3 Å². The first-order valence-electron chi connectivity index (χ1n) is 3.84. The fourth-order valence-electron chi connectivity index (χ4n) is 0.908. The van der Waals surface area contributed by atoms with E-state index in [2.05, 4.69) is 0 Å². The van der Waals surface area contributed by atoms with Crippen LogP contribution in [-0.4, -0.2) is 0 Å². The van der Waals surface area contributed by atoms with Gasteiger partial charge in [0.05, 0.1) is 0 Å². The van der Waals surface area contributed by atoms with E-state index < -0.39 is 11.6 Å². The molecule has 0 unspecified atom stereocenters. The van der Waals surface area contributed by atoms with Gasteiger partial charge in [-0.15, -0.1) is 0 Å². The maximum absolute atomic E-state index is 12.5. The molecule has 0 aliphatic carbocycles. The van der Waals surface area contributed by atoms with Crippen molar-refractivity contribution in [1.29, 1.82) is 0 Å². The van der Waals surface area contributed by atoms with Gasteiger partial charge in [0.2, 0.25) is 0 Å². The van der Waals surface area contributed by atoms with E-state index in [0.717, 1.165) is 6.07 Å². The molecule has 0 bridgehead atoms. The van der Waals surface area contributed by atoms with Crippen LogP contribution in [0.3, 0.4) is 0 Å². The summed E-state index contributed by atoms with van der Waals surface area (Å²) in [7, 11) is 0. The molecular formula is C9H10F6. The number of rotatable bonds is 1. The molecule has 88 valence electrons. The molecule has 6 heteroatoms. The monoisotopic (exact) mass is 232 g/mol. The lowest BCUT2D eigenvalue weighted by atomic mass is 10.0.